The smallest absolute Gasteiger partial charge is 0.420 e. The van der Waals surface area contributed by atoms with Crippen molar-refractivity contribution in [3.8, 4) is 5.75 Å². The monoisotopic (exact) mass is 465 g/mol. The third kappa shape index (κ3) is 8.92. The summed E-state index contributed by atoms with van der Waals surface area (Å²) in [6.07, 6.45) is -2.62. The van der Waals surface area contributed by atoms with Gasteiger partial charge in [0.15, 0.2) is 6.04 Å². The highest BCUT2D eigenvalue weighted by molar-refractivity contribution is 5.94. The second-order valence-electron chi connectivity index (χ2n) is 9.92. The number of para-hydroxylation sites is 1. The molecule has 2 rings (SSSR count). The number of imide groups is 1. The van der Waals surface area contributed by atoms with E-state index in [9.17, 15) is 14.4 Å². The summed E-state index contributed by atoms with van der Waals surface area (Å²) >= 11 is 0. The van der Waals surface area contributed by atoms with Gasteiger partial charge in [-0.05, 0) is 60.6 Å². The van der Waals surface area contributed by atoms with Gasteiger partial charge in [-0.1, -0.05) is 18.2 Å². The largest absolute Gasteiger partial charge is 0.488 e. The van der Waals surface area contributed by atoms with Gasteiger partial charge >= 0.3 is 18.2 Å². The zero-order valence-electron chi connectivity index (χ0n) is 20.5. The van der Waals surface area contributed by atoms with Gasteiger partial charge in [0, 0.05) is 6.42 Å². The van der Waals surface area contributed by atoms with Crippen molar-refractivity contribution in [3.63, 3.8) is 0 Å². The molecule has 3 atom stereocenters. The Morgan fingerprint density at radius 1 is 0.939 bits per heavy atom. The van der Waals surface area contributed by atoms with Gasteiger partial charge in [0.1, 0.15) is 29.2 Å². The van der Waals surface area contributed by atoms with Gasteiger partial charge in [0.2, 0.25) is 0 Å². The van der Waals surface area contributed by atoms with Gasteiger partial charge in [0.25, 0.3) is 0 Å². The fourth-order valence-electron chi connectivity index (χ4n) is 3.05. The van der Waals surface area contributed by atoms with Crippen molar-refractivity contribution in [1.82, 2.24) is 4.90 Å². The standard InChI is InChI=1S/C24H35NO8/c1-16-13-18(31-17-11-9-8-10-12-17)14-29-15-19(20(26)30-16)25(21(27)32-23(2,3)4)22(28)33-24(5,6)7/h8-12,16,18-19H,13-15H2,1-7H3/t16-,18+,19-/m0/s1. The maximum Gasteiger partial charge on any atom is 0.420 e. The van der Waals surface area contributed by atoms with Crippen molar-refractivity contribution < 1.29 is 38.1 Å². The van der Waals surface area contributed by atoms with Crippen molar-refractivity contribution in [2.24, 2.45) is 0 Å². The third-order valence-electron chi connectivity index (χ3n) is 4.30. The summed E-state index contributed by atoms with van der Waals surface area (Å²) in [7, 11) is 0. The number of nitrogens with zero attached hydrogens (tertiary/aromatic N) is 1. The second kappa shape index (κ2) is 10.9. The number of cyclic esters (lactones) is 1. The average Bonchev–Trinajstić information content (AvgIpc) is 2.70. The van der Waals surface area contributed by atoms with Crippen LogP contribution < -0.4 is 4.74 Å². The van der Waals surface area contributed by atoms with E-state index in [4.69, 9.17) is 23.7 Å². The van der Waals surface area contributed by atoms with Crippen LogP contribution in [0.2, 0.25) is 0 Å². The van der Waals surface area contributed by atoms with E-state index in [1.807, 2.05) is 30.3 Å². The number of amides is 2. The molecule has 0 bridgehead atoms. The molecule has 33 heavy (non-hydrogen) atoms. The molecule has 0 aliphatic carbocycles. The lowest BCUT2D eigenvalue weighted by atomic mass is 10.2. The number of benzene rings is 1. The highest BCUT2D eigenvalue weighted by Gasteiger charge is 2.42. The molecule has 1 aliphatic heterocycles. The van der Waals surface area contributed by atoms with Crippen LogP contribution in [0.25, 0.3) is 0 Å². The Labute approximate surface area is 195 Å². The zero-order chi connectivity index (χ0) is 24.8. The van der Waals surface area contributed by atoms with E-state index in [1.54, 1.807) is 48.5 Å². The molecule has 0 aromatic heterocycles. The Kier molecular flexibility index (Phi) is 8.71. The van der Waals surface area contributed by atoms with E-state index >= 15 is 0 Å². The summed E-state index contributed by atoms with van der Waals surface area (Å²) in [5.41, 5.74) is -1.80. The van der Waals surface area contributed by atoms with E-state index in [0.717, 1.165) is 0 Å². The minimum absolute atomic E-state index is 0.128. The molecule has 184 valence electrons. The summed E-state index contributed by atoms with van der Waals surface area (Å²) in [5.74, 6) is -0.135. The third-order valence-corrected chi connectivity index (χ3v) is 4.30. The zero-order valence-corrected chi connectivity index (χ0v) is 20.5. The molecule has 0 N–H and O–H groups in total. The lowest BCUT2D eigenvalue weighted by molar-refractivity contribution is -0.155. The quantitative estimate of drug-likeness (QED) is 0.480. The normalized spacial score (nSPS) is 22.2. The van der Waals surface area contributed by atoms with Gasteiger partial charge in [-0.15, -0.1) is 0 Å². The van der Waals surface area contributed by atoms with E-state index in [-0.39, 0.29) is 13.2 Å². The van der Waals surface area contributed by atoms with E-state index in [0.29, 0.717) is 17.1 Å². The van der Waals surface area contributed by atoms with Crippen LogP contribution in [-0.4, -0.2) is 65.7 Å². The topological polar surface area (TPSA) is 101 Å². The fourth-order valence-corrected chi connectivity index (χ4v) is 3.05. The molecule has 1 heterocycles. The summed E-state index contributed by atoms with van der Waals surface area (Å²) < 4.78 is 28.0. The maximum atomic E-state index is 13.0. The number of hydrogen-bond donors (Lipinski definition) is 0. The Morgan fingerprint density at radius 3 is 2.00 bits per heavy atom. The Bertz CT molecular complexity index is 784. The van der Waals surface area contributed by atoms with Crippen LogP contribution in [0.4, 0.5) is 9.59 Å². The summed E-state index contributed by atoms with van der Waals surface area (Å²) in [6, 6.07) is 7.84. The van der Waals surface area contributed by atoms with Crippen LogP contribution in [0.5, 0.6) is 5.75 Å². The Hall–Kier alpha value is -2.81. The molecule has 1 saturated heterocycles. The van der Waals surface area contributed by atoms with Crippen molar-refractivity contribution in [1.29, 1.82) is 0 Å². The molecule has 9 nitrogen and oxygen atoms in total. The highest BCUT2D eigenvalue weighted by atomic mass is 16.6. The van der Waals surface area contributed by atoms with Crippen LogP contribution in [0.1, 0.15) is 54.9 Å². The molecule has 0 spiro atoms. The second-order valence-corrected chi connectivity index (χ2v) is 9.92. The minimum atomic E-state index is -1.38. The predicted octanol–water partition coefficient (Wildman–Crippen LogP) is 4.33. The van der Waals surface area contributed by atoms with Crippen molar-refractivity contribution in [2.75, 3.05) is 13.2 Å². The highest BCUT2D eigenvalue weighted by Crippen LogP contribution is 2.21. The number of rotatable bonds is 3. The molecular formula is C24H35NO8. The first kappa shape index (κ1) is 26.4. The molecule has 1 fully saturated rings. The number of ether oxygens (including phenoxy) is 5. The first-order valence-corrected chi connectivity index (χ1v) is 11.0. The minimum Gasteiger partial charge on any atom is -0.488 e. The molecule has 0 saturated carbocycles. The van der Waals surface area contributed by atoms with Crippen LogP contribution in [-0.2, 0) is 23.7 Å². The number of hydrogen-bond acceptors (Lipinski definition) is 8. The summed E-state index contributed by atoms with van der Waals surface area (Å²) in [6.45, 7) is 11.5. The number of carbonyl (C=O) groups excluding carboxylic acids is 3. The lowest BCUT2D eigenvalue weighted by Crippen LogP contribution is -2.54. The molecule has 0 unspecified atom stereocenters. The van der Waals surface area contributed by atoms with Crippen LogP contribution >= 0.6 is 0 Å². The van der Waals surface area contributed by atoms with E-state index < -0.39 is 47.6 Å². The first-order chi connectivity index (χ1) is 15.2. The SMILES string of the molecule is C[C@H]1C[C@@H](Oc2ccccc2)COC[C@H](N(C(=O)OC(C)(C)C)C(=O)OC(C)(C)C)C(=O)O1. The molecule has 1 aromatic carbocycles. The van der Waals surface area contributed by atoms with Crippen LogP contribution in [0, 0.1) is 0 Å². The van der Waals surface area contributed by atoms with Crippen molar-refractivity contribution >= 4 is 18.2 Å². The maximum absolute atomic E-state index is 13.0. The predicted molar refractivity (Wildman–Crippen MR) is 120 cm³/mol. The molecular weight excluding hydrogens is 430 g/mol. The molecule has 9 heteroatoms. The van der Waals surface area contributed by atoms with Crippen molar-refractivity contribution in [3.05, 3.63) is 30.3 Å². The Morgan fingerprint density at radius 2 is 1.48 bits per heavy atom. The van der Waals surface area contributed by atoms with Gasteiger partial charge in [-0.2, -0.15) is 4.90 Å². The molecule has 1 aliphatic rings. The van der Waals surface area contributed by atoms with Crippen molar-refractivity contribution in [2.45, 2.75) is 84.3 Å². The fraction of sp³-hybridized carbons (Fsp3) is 0.625. The molecule has 1 aromatic rings. The summed E-state index contributed by atoms with van der Waals surface area (Å²) in [4.78, 5) is 39.4. The van der Waals surface area contributed by atoms with E-state index in [2.05, 4.69) is 0 Å². The average molecular weight is 466 g/mol. The van der Waals surface area contributed by atoms with Gasteiger partial charge in [-0.3, -0.25) is 0 Å². The lowest BCUT2D eigenvalue weighted by Gasteiger charge is -2.32. The van der Waals surface area contributed by atoms with Crippen LogP contribution in [0.3, 0.4) is 0 Å². The van der Waals surface area contributed by atoms with Gasteiger partial charge in [-0.25, -0.2) is 14.4 Å². The van der Waals surface area contributed by atoms with Gasteiger partial charge in [0.05, 0.1) is 13.2 Å². The Balaban J connectivity index is 2.25. The van der Waals surface area contributed by atoms with E-state index in [1.165, 1.54) is 0 Å². The number of carbonyl (C=O) groups is 3. The summed E-state index contributed by atoms with van der Waals surface area (Å²) in [5, 5.41) is 0. The molecule has 2 amide bonds. The molecule has 0 radical (unpaired) electrons. The number of esters is 1. The first-order valence-electron chi connectivity index (χ1n) is 11.0. The van der Waals surface area contributed by atoms with Crippen LogP contribution in [0.15, 0.2) is 30.3 Å². The van der Waals surface area contributed by atoms with Gasteiger partial charge < -0.3 is 23.7 Å².